The van der Waals surface area contributed by atoms with Crippen LogP contribution in [0.1, 0.15) is 0 Å². The van der Waals surface area contributed by atoms with Crippen molar-refractivity contribution < 1.29 is 4.74 Å². The summed E-state index contributed by atoms with van der Waals surface area (Å²) in [5, 5.41) is 4.06. The number of fused-ring (bicyclic) bond motifs is 1. The Balaban J connectivity index is 2.17. The van der Waals surface area contributed by atoms with E-state index in [9.17, 15) is 0 Å². The second-order valence-electron chi connectivity index (χ2n) is 3.76. The molecule has 0 aliphatic rings. The molecule has 0 atom stereocenters. The van der Waals surface area contributed by atoms with Crippen LogP contribution in [0.15, 0.2) is 18.2 Å². The van der Waals surface area contributed by atoms with Gasteiger partial charge in [0.15, 0.2) is 5.65 Å². The van der Waals surface area contributed by atoms with E-state index in [0.29, 0.717) is 18.1 Å². The van der Waals surface area contributed by atoms with Gasteiger partial charge in [-0.2, -0.15) is 9.50 Å². The first kappa shape index (κ1) is 10.7. The molecule has 86 valence electrons. The van der Waals surface area contributed by atoms with Crippen LogP contribution in [0.4, 0.5) is 5.95 Å². The maximum absolute atomic E-state index is 5.61. The van der Waals surface area contributed by atoms with Crippen molar-refractivity contribution in [2.24, 2.45) is 0 Å². The lowest BCUT2D eigenvalue weighted by atomic mass is 10.5. The van der Waals surface area contributed by atoms with Crippen molar-refractivity contribution in [1.29, 1.82) is 0 Å². The second-order valence-corrected chi connectivity index (χ2v) is 3.76. The lowest BCUT2D eigenvalue weighted by Crippen LogP contribution is -2.20. The largest absolute Gasteiger partial charge is 0.476 e. The van der Waals surface area contributed by atoms with Gasteiger partial charge in [0.25, 0.3) is 0 Å². The summed E-state index contributed by atoms with van der Waals surface area (Å²) in [6, 6.07) is 5.55. The Labute approximate surface area is 93.6 Å². The summed E-state index contributed by atoms with van der Waals surface area (Å²) in [5.41, 5.74) is 6.22. The zero-order valence-electron chi connectivity index (χ0n) is 9.42. The van der Waals surface area contributed by atoms with E-state index in [1.165, 1.54) is 0 Å². The van der Waals surface area contributed by atoms with Gasteiger partial charge in [-0.3, -0.25) is 0 Å². The van der Waals surface area contributed by atoms with E-state index in [0.717, 1.165) is 6.54 Å². The molecule has 0 radical (unpaired) electrons. The molecule has 0 bridgehead atoms. The Morgan fingerprint density at radius 3 is 3.00 bits per heavy atom. The molecule has 0 aliphatic carbocycles. The first-order valence-corrected chi connectivity index (χ1v) is 5.05. The normalized spacial score (nSPS) is 11.2. The van der Waals surface area contributed by atoms with E-state index in [1.54, 1.807) is 4.52 Å². The third-order valence-corrected chi connectivity index (χ3v) is 2.13. The SMILES string of the molecule is CN(C)CCOc1cccc2nc(N)nn12. The number of nitrogens with two attached hydrogens (primary N) is 1. The zero-order valence-corrected chi connectivity index (χ0v) is 9.42. The molecular formula is C10H15N5O. The molecule has 0 aromatic carbocycles. The number of likely N-dealkylation sites (N-methyl/N-ethyl adjacent to an activating group) is 1. The van der Waals surface area contributed by atoms with Gasteiger partial charge < -0.3 is 15.4 Å². The molecule has 16 heavy (non-hydrogen) atoms. The highest BCUT2D eigenvalue weighted by atomic mass is 16.5. The van der Waals surface area contributed by atoms with E-state index < -0.39 is 0 Å². The fourth-order valence-electron chi connectivity index (χ4n) is 1.34. The number of nitrogens with zero attached hydrogens (tertiary/aromatic N) is 4. The Bertz CT molecular complexity index is 479. The number of aromatic nitrogens is 3. The maximum atomic E-state index is 5.61. The summed E-state index contributed by atoms with van der Waals surface area (Å²) in [6.07, 6.45) is 0. The Kier molecular flexibility index (Phi) is 2.91. The maximum Gasteiger partial charge on any atom is 0.240 e. The number of hydrogen-bond acceptors (Lipinski definition) is 5. The number of pyridine rings is 1. The molecule has 0 saturated carbocycles. The van der Waals surface area contributed by atoms with Crippen molar-refractivity contribution in [2.45, 2.75) is 0 Å². The van der Waals surface area contributed by atoms with Gasteiger partial charge in [0.05, 0.1) is 0 Å². The lowest BCUT2D eigenvalue weighted by molar-refractivity contribution is 0.249. The third-order valence-electron chi connectivity index (χ3n) is 2.13. The lowest BCUT2D eigenvalue weighted by Gasteiger charge is -2.11. The van der Waals surface area contributed by atoms with Gasteiger partial charge in [0, 0.05) is 12.6 Å². The minimum absolute atomic E-state index is 0.253. The van der Waals surface area contributed by atoms with Crippen LogP contribution >= 0.6 is 0 Å². The van der Waals surface area contributed by atoms with Crippen molar-refractivity contribution in [3.05, 3.63) is 18.2 Å². The van der Waals surface area contributed by atoms with E-state index >= 15 is 0 Å². The van der Waals surface area contributed by atoms with Gasteiger partial charge in [-0.15, -0.1) is 5.10 Å². The standard InChI is InChI=1S/C10H15N5O/c1-14(2)6-7-16-9-5-3-4-8-12-10(11)13-15(8)9/h3-5H,6-7H2,1-2H3,(H2,11,13). The molecule has 0 unspecified atom stereocenters. The predicted molar refractivity (Wildman–Crippen MR) is 61.4 cm³/mol. The van der Waals surface area contributed by atoms with Crippen molar-refractivity contribution in [1.82, 2.24) is 19.5 Å². The second kappa shape index (κ2) is 4.36. The van der Waals surface area contributed by atoms with Crippen LogP contribution in [0.3, 0.4) is 0 Å². The monoisotopic (exact) mass is 221 g/mol. The highest BCUT2D eigenvalue weighted by Gasteiger charge is 2.05. The topological polar surface area (TPSA) is 68.7 Å². The van der Waals surface area contributed by atoms with Gasteiger partial charge >= 0.3 is 0 Å². The summed E-state index contributed by atoms with van der Waals surface area (Å²) in [6.45, 7) is 1.45. The molecule has 2 aromatic heterocycles. The average Bonchev–Trinajstić information content (AvgIpc) is 2.58. The number of ether oxygens (including phenoxy) is 1. The van der Waals surface area contributed by atoms with Crippen LogP contribution in [0, 0.1) is 0 Å². The summed E-state index contributed by atoms with van der Waals surface area (Å²) < 4.78 is 7.21. The van der Waals surface area contributed by atoms with Crippen LogP contribution < -0.4 is 10.5 Å². The summed E-state index contributed by atoms with van der Waals surface area (Å²) >= 11 is 0. The van der Waals surface area contributed by atoms with Gasteiger partial charge in [-0.25, -0.2) is 0 Å². The molecule has 0 spiro atoms. The van der Waals surface area contributed by atoms with E-state index in [4.69, 9.17) is 10.5 Å². The molecule has 0 fully saturated rings. The fourth-order valence-corrected chi connectivity index (χ4v) is 1.34. The minimum atomic E-state index is 0.253. The Morgan fingerprint density at radius 2 is 2.25 bits per heavy atom. The molecular weight excluding hydrogens is 206 g/mol. The number of anilines is 1. The number of nitrogen functional groups attached to an aromatic ring is 1. The summed E-state index contributed by atoms with van der Waals surface area (Å²) in [5.74, 6) is 0.909. The predicted octanol–water partition coefficient (Wildman–Crippen LogP) is 0.252. The Hall–Kier alpha value is -1.82. The van der Waals surface area contributed by atoms with Gasteiger partial charge in [0.1, 0.15) is 6.61 Å². The minimum Gasteiger partial charge on any atom is -0.476 e. The number of rotatable bonds is 4. The molecule has 6 heteroatoms. The first-order chi connectivity index (χ1) is 7.66. The molecule has 2 rings (SSSR count). The van der Waals surface area contributed by atoms with Crippen LogP contribution in [-0.4, -0.2) is 46.7 Å². The average molecular weight is 221 g/mol. The summed E-state index contributed by atoms with van der Waals surface area (Å²) in [4.78, 5) is 6.11. The summed E-state index contributed by atoms with van der Waals surface area (Å²) in [7, 11) is 3.99. The highest BCUT2D eigenvalue weighted by molar-refractivity contribution is 5.44. The molecule has 2 heterocycles. The molecule has 2 N–H and O–H groups in total. The third kappa shape index (κ3) is 2.22. The van der Waals surface area contributed by atoms with E-state index in [2.05, 4.69) is 15.0 Å². The number of hydrogen-bond donors (Lipinski definition) is 1. The molecule has 0 aliphatic heterocycles. The molecule has 0 amide bonds. The zero-order chi connectivity index (χ0) is 11.5. The van der Waals surface area contributed by atoms with Gasteiger partial charge in [0.2, 0.25) is 11.8 Å². The van der Waals surface area contributed by atoms with Crippen LogP contribution in [0.5, 0.6) is 5.88 Å². The highest BCUT2D eigenvalue weighted by Crippen LogP contribution is 2.13. The van der Waals surface area contributed by atoms with E-state index in [-0.39, 0.29) is 5.95 Å². The fraction of sp³-hybridized carbons (Fsp3) is 0.400. The van der Waals surface area contributed by atoms with Crippen molar-refractivity contribution in [2.75, 3.05) is 33.0 Å². The van der Waals surface area contributed by atoms with Gasteiger partial charge in [-0.1, -0.05) is 6.07 Å². The van der Waals surface area contributed by atoms with E-state index in [1.807, 2.05) is 32.3 Å². The van der Waals surface area contributed by atoms with Crippen LogP contribution in [-0.2, 0) is 0 Å². The van der Waals surface area contributed by atoms with Gasteiger partial charge in [-0.05, 0) is 20.2 Å². The van der Waals surface area contributed by atoms with Crippen molar-refractivity contribution in [3.8, 4) is 5.88 Å². The molecule has 0 saturated heterocycles. The molecule has 6 nitrogen and oxygen atoms in total. The quantitative estimate of drug-likeness (QED) is 0.801. The Morgan fingerprint density at radius 1 is 1.44 bits per heavy atom. The van der Waals surface area contributed by atoms with Crippen LogP contribution in [0.2, 0.25) is 0 Å². The van der Waals surface area contributed by atoms with Crippen molar-refractivity contribution >= 4 is 11.6 Å². The first-order valence-electron chi connectivity index (χ1n) is 5.05. The smallest absolute Gasteiger partial charge is 0.240 e. The van der Waals surface area contributed by atoms with Crippen molar-refractivity contribution in [3.63, 3.8) is 0 Å². The molecule has 2 aromatic rings. The van der Waals surface area contributed by atoms with Crippen LogP contribution in [0.25, 0.3) is 5.65 Å².